The van der Waals surface area contributed by atoms with Gasteiger partial charge in [-0.1, -0.05) is 33.6 Å². The van der Waals surface area contributed by atoms with Crippen molar-refractivity contribution in [2.45, 2.75) is 84.3 Å². The monoisotopic (exact) mass is 224 g/mol. The number of hydrogen-bond acceptors (Lipinski definition) is 1. The SMILES string of the molecule is CCCCC1OC2(C)C[C@]1(CC)CCC2C. The zero-order valence-corrected chi connectivity index (χ0v) is 11.5. The van der Waals surface area contributed by atoms with E-state index in [0.717, 1.165) is 5.92 Å². The minimum Gasteiger partial charge on any atom is -0.371 e. The van der Waals surface area contributed by atoms with E-state index in [1.807, 2.05) is 0 Å². The van der Waals surface area contributed by atoms with Gasteiger partial charge in [0, 0.05) is 0 Å². The molecule has 1 saturated heterocycles. The first-order chi connectivity index (χ1) is 7.56. The van der Waals surface area contributed by atoms with Crippen LogP contribution < -0.4 is 0 Å². The van der Waals surface area contributed by atoms with Crippen LogP contribution in [-0.2, 0) is 4.74 Å². The molecule has 0 aromatic carbocycles. The van der Waals surface area contributed by atoms with Gasteiger partial charge in [-0.2, -0.15) is 0 Å². The summed E-state index contributed by atoms with van der Waals surface area (Å²) in [5.41, 5.74) is 0.711. The summed E-state index contributed by atoms with van der Waals surface area (Å²) in [6.07, 6.45) is 9.85. The lowest BCUT2D eigenvalue weighted by Crippen LogP contribution is -2.38. The topological polar surface area (TPSA) is 9.23 Å². The van der Waals surface area contributed by atoms with E-state index in [1.165, 1.54) is 44.9 Å². The molecule has 2 aliphatic rings. The van der Waals surface area contributed by atoms with Crippen LogP contribution in [0.15, 0.2) is 0 Å². The van der Waals surface area contributed by atoms with Crippen molar-refractivity contribution >= 4 is 0 Å². The van der Waals surface area contributed by atoms with Crippen LogP contribution in [0.1, 0.15) is 72.6 Å². The van der Waals surface area contributed by atoms with Gasteiger partial charge < -0.3 is 4.74 Å². The van der Waals surface area contributed by atoms with Crippen LogP contribution in [0.5, 0.6) is 0 Å². The van der Waals surface area contributed by atoms with Crippen LogP contribution in [0.4, 0.5) is 0 Å². The molecule has 0 amide bonds. The van der Waals surface area contributed by atoms with Gasteiger partial charge in [0.1, 0.15) is 0 Å². The van der Waals surface area contributed by atoms with Crippen LogP contribution in [0.3, 0.4) is 0 Å². The Hall–Kier alpha value is -0.0400. The fourth-order valence-corrected chi connectivity index (χ4v) is 3.94. The largest absolute Gasteiger partial charge is 0.371 e. The molecule has 16 heavy (non-hydrogen) atoms. The Morgan fingerprint density at radius 1 is 1.31 bits per heavy atom. The molecule has 0 spiro atoms. The molecule has 94 valence electrons. The molecular weight excluding hydrogens is 196 g/mol. The first-order valence-corrected chi connectivity index (χ1v) is 7.24. The van der Waals surface area contributed by atoms with Gasteiger partial charge >= 0.3 is 0 Å². The summed E-state index contributed by atoms with van der Waals surface area (Å²) in [6.45, 7) is 9.38. The molecule has 2 bridgehead atoms. The summed E-state index contributed by atoms with van der Waals surface area (Å²) >= 11 is 0. The number of rotatable bonds is 4. The van der Waals surface area contributed by atoms with Crippen molar-refractivity contribution in [3.63, 3.8) is 0 Å². The minimum absolute atomic E-state index is 0.187. The van der Waals surface area contributed by atoms with Gasteiger partial charge in [-0.15, -0.1) is 0 Å². The van der Waals surface area contributed by atoms with Crippen molar-refractivity contribution in [3.8, 4) is 0 Å². The van der Waals surface area contributed by atoms with Crippen molar-refractivity contribution < 1.29 is 4.74 Å². The number of unbranched alkanes of at least 4 members (excludes halogenated alkanes) is 1. The second-order valence-electron chi connectivity index (χ2n) is 6.39. The molecule has 2 fully saturated rings. The molecule has 1 nitrogen and oxygen atoms in total. The summed E-state index contributed by atoms with van der Waals surface area (Å²) in [5, 5.41) is 0. The Labute approximate surface area is 101 Å². The van der Waals surface area contributed by atoms with Crippen LogP contribution in [0, 0.1) is 11.3 Å². The Kier molecular flexibility index (Phi) is 3.36. The van der Waals surface area contributed by atoms with Crippen molar-refractivity contribution in [1.29, 1.82) is 0 Å². The highest BCUT2D eigenvalue weighted by atomic mass is 16.5. The molecule has 0 radical (unpaired) electrons. The number of hydrogen-bond donors (Lipinski definition) is 0. The molecule has 0 aromatic rings. The van der Waals surface area contributed by atoms with Crippen molar-refractivity contribution in [2.75, 3.05) is 0 Å². The van der Waals surface area contributed by atoms with Crippen LogP contribution in [0.25, 0.3) is 0 Å². The lowest BCUT2D eigenvalue weighted by Gasteiger charge is -2.40. The quantitative estimate of drug-likeness (QED) is 0.680. The first kappa shape index (κ1) is 12.4. The van der Waals surface area contributed by atoms with E-state index in [4.69, 9.17) is 4.74 Å². The molecular formula is C15H28O. The van der Waals surface area contributed by atoms with Crippen LogP contribution in [-0.4, -0.2) is 11.7 Å². The maximum absolute atomic E-state index is 6.48. The fourth-order valence-electron chi connectivity index (χ4n) is 3.94. The second-order valence-corrected chi connectivity index (χ2v) is 6.39. The molecule has 1 aliphatic heterocycles. The molecule has 0 aromatic heterocycles. The Morgan fingerprint density at radius 2 is 2.06 bits per heavy atom. The summed E-state index contributed by atoms with van der Waals surface area (Å²) in [4.78, 5) is 0. The third kappa shape index (κ3) is 1.81. The summed E-state index contributed by atoms with van der Waals surface area (Å²) in [5.74, 6) is 0.749. The van der Waals surface area contributed by atoms with Gasteiger partial charge in [-0.3, -0.25) is 0 Å². The van der Waals surface area contributed by atoms with E-state index < -0.39 is 0 Å². The Bertz CT molecular complexity index is 250. The van der Waals surface area contributed by atoms with Crippen molar-refractivity contribution in [1.82, 2.24) is 0 Å². The van der Waals surface area contributed by atoms with E-state index in [9.17, 15) is 0 Å². The van der Waals surface area contributed by atoms with Crippen LogP contribution >= 0.6 is 0 Å². The van der Waals surface area contributed by atoms with Crippen LogP contribution in [0.2, 0.25) is 0 Å². The fraction of sp³-hybridized carbons (Fsp3) is 1.00. The molecule has 4 atom stereocenters. The lowest BCUT2D eigenvalue weighted by molar-refractivity contribution is -0.0643. The molecule has 2 rings (SSSR count). The highest BCUT2D eigenvalue weighted by Gasteiger charge is 2.57. The van der Waals surface area contributed by atoms with Gasteiger partial charge in [0.25, 0.3) is 0 Å². The predicted molar refractivity (Wildman–Crippen MR) is 68.5 cm³/mol. The Balaban J connectivity index is 2.14. The average molecular weight is 224 g/mol. The van der Waals surface area contributed by atoms with E-state index >= 15 is 0 Å². The summed E-state index contributed by atoms with van der Waals surface area (Å²) in [6, 6.07) is 0. The van der Waals surface area contributed by atoms with Gasteiger partial charge in [-0.05, 0) is 50.4 Å². The zero-order valence-electron chi connectivity index (χ0n) is 11.5. The molecule has 1 saturated carbocycles. The second kappa shape index (κ2) is 4.33. The highest BCUT2D eigenvalue weighted by molar-refractivity contribution is 5.06. The van der Waals surface area contributed by atoms with E-state index in [-0.39, 0.29) is 5.60 Å². The van der Waals surface area contributed by atoms with Crippen molar-refractivity contribution in [2.24, 2.45) is 11.3 Å². The lowest BCUT2D eigenvalue weighted by atomic mass is 9.63. The zero-order chi connectivity index (χ0) is 11.8. The van der Waals surface area contributed by atoms with Gasteiger partial charge in [0.15, 0.2) is 0 Å². The molecule has 0 N–H and O–H groups in total. The van der Waals surface area contributed by atoms with E-state index in [2.05, 4.69) is 27.7 Å². The number of fused-ring (bicyclic) bond motifs is 2. The standard InChI is InChI=1S/C15H28O/c1-5-7-8-13-15(6-2)10-9-12(3)14(4,11-15)16-13/h12-13H,5-11H2,1-4H3/t12?,13?,14?,15-/m0/s1. The maximum Gasteiger partial charge on any atom is 0.0690 e. The smallest absolute Gasteiger partial charge is 0.0690 e. The first-order valence-electron chi connectivity index (χ1n) is 7.24. The molecule has 1 aliphatic carbocycles. The van der Waals surface area contributed by atoms with E-state index in [1.54, 1.807) is 0 Å². The van der Waals surface area contributed by atoms with Crippen molar-refractivity contribution in [3.05, 3.63) is 0 Å². The summed E-state index contributed by atoms with van der Waals surface area (Å²) < 4.78 is 6.48. The third-order valence-electron chi connectivity index (χ3n) is 5.44. The van der Waals surface area contributed by atoms with Gasteiger partial charge in [0.05, 0.1) is 11.7 Å². The average Bonchev–Trinajstić information content (AvgIpc) is 2.53. The van der Waals surface area contributed by atoms with Gasteiger partial charge in [-0.25, -0.2) is 0 Å². The third-order valence-corrected chi connectivity index (χ3v) is 5.44. The van der Waals surface area contributed by atoms with E-state index in [0.29, 0.717) is 11.5 Å². The van der Waals surface area contributed by atoms with Gasteiger partial charge in [0.2, 0.25) is 0 Å². The number of ether oxygens (including phenoxy) is 1. The maximum atomic E-state index is 6.48. The normalized spacial score (nSPS) is 47.2. The molecule has 1 heteroatoms. The molecule has 3 unspecified atom stereocenters. The highest BCUT2D eigenvalue weighted by Crippen LogP contribution is 2.58. The minimum atomic E-state index is 0.187. The Morgan fingerprint density at radius 3 is 2.69 bits per heavy atom. The predicted octanol–water partition coefficient (Wildman–Crippen LogP) is 4.55. The summed E-state index contributed by atoms with van der Waals surface area (Å²) in [7, 11) is 0. The molecule has 1 heterocycles.